The Bertz CT molecular complexity index is 167. The molecule has 1 amide bonds. The SMILES string of the molecule is COCCOCC(=O)NCCCCCSC. The number of amides is 1. The fraction of sp³-hybridized carbons (Fsp3) is 0.909. The summed E-state index contributed by atoms with van der Waals surface area (Å²) in [4.78, 5) is 11.2. The van der Waals surface area contributed by atoms with Gasteiger partial charge in [0.05, 0.1) is 13.2 Å². The average Bonchev–Trinajstić information content (AvgIpc) is 2.29. The van der Waals surface area contributed by atoms with Gasteiger partial charge in [0, 0.05) is 13.7 Å². The van der Waals surface area contributed by atoms with Crippen molar-refractivity contribution in [1.29, 1.82) is 0 Å². The highest BCUT2D eigenvalue weighted by molar-refractivity contribution is 7.98. The first kappa shape index (κ1) is 15.7. The Hall–Kier alpha value is -0.260. The van der Waals surface area contributed by atoms with E-state index in [0.717, 1.165) is 13.0 Å². The minimum absolute atomic E-state index is 0.0408. The standard InChI is InChI=1S/C11H23NO3S/c1-14-7-8-15-10-11(13)12-6-4-3-5-9-16-2/h3-10H2,1-2H3,(H,12,13). The third-order valence-corrected chi connectivity index (χ3v) is 2.71. The fourth-order valence-electron chi connectivity index (χ4n) is 1.13. The molecule has 0 aliphatic carbocycles. The molecule has 4 nitrogen and oxygen atoms in total. The predicted octanol–water partition coefficient (Wildman–Crippen LogP) is 1.30. The Morgan fingerprint density at radius 2 is 2.06 bits per heavy atom. The summed E-state index contributed by atoms with van der Waals surface area (Å²) in [7, 11) is 1.61. The lowest BCUT2D eigenvalue weighted by atomic mass is 10.2. The van der Waals surface area contributed by atoms with Gasteiger partial charge in [-0.2, -0.15) is 11.8 Å². The van der Waals surface area contributed by atoms with E-state index >= 15 is 0 Å². The van der Waals surface area contributed by atoms with E-state index in [9.17, 15) is 4.79 Å². The number of carbonyl (C=O) groups is 1. The van der Waals surface area contributed by atoms with Gasteiger partial charge in [-0.1, -0.05) is 6.42 Å². The van der Waals surface area contributed by atoms with Crippen molar-refractivity contribution in [1.82, 2.24) is 5.32 Å². The Labute approximate surface area is 102 Å². The summed E-state index contributed by atoms with van der Waals surface area (Å²) in [6.45, 7) is 1.88. The van der Waals surface area contributed by atoms with Crippen LogP contribution in [-0.4, -0.2) is 51.4 Å². The van der Waals surface area contributed by atoms with E-state index < -0.39 is 0 Å². The van der Waals surface area contributed by atoms with Crippen molar-refractivity contribution < 1.29 is 14.3 Å². The molecule has 0 radical (unpaired) electrons. The molecule has 0 saturated carbocycles. The molecule has 5 heteroatoms. The minimum Gasteiger partial charge on any atom is -0.382 e. The van der Waals surface area contributed by atoms with E-state index in [0.29, 0.717) is 13.2 Å². The van der Waals surface area contributed by atoms with E-state index in [4.69, 9.17) is 9.47 Å². The third-order valence-electron chi connectivity index (χ3n) is 2.01. The number of hydrogen-bond acceptors (Lipinski definition) is 4. The van der Waals surface area contributed by atoms with Gasteiger partial charge in [0.25, 0.3) is 0 Å². The topological polar surface area (TPSA) is 47.6 Å². The van der Waals surface area contributed by atoms with Gasteiger partial charge >= 0.3 is 0 Å². The summed E-state index contributed by atoms with van der Waals surface area (Å²) in [5.74, 6) is 1.16. The molecule has 0 aromatic heterocycles. The van der Waals surface area contributed by atoms with Crippen molar-refractivity contribution in [2.75, 3.05) is 45.5 Å². The summed E-state index contributed by atoms with van der Waals surface area (Å²) in [5.41, 5.74) is 0. The largest absolute Gasteiger partial charge is 0.382 e. The number of methoxy groups -OCH3 is 1. The first-order valence-corrected chi connectivity index (χ1v) is 7.03. The van der Waals surface area contributed by atoms with Gasteiger partial charge in [0.15, 0.2) is 0 Å². The zero-order valence-corrected chi connectivity index (χ0v) is 11.1. The smallest absolute Gasteiger partial charge is 0.245 e. The molecule has 0 bridgehead atoms. The van der Waals surface area contributed by atoms with Crippen LogP contribution in [0.2, 0.25) is 0 Å². The number of nitrogens with one attached hydrogen (secondary N) is 1. The van der Waals surface area contributed by atoms with Gasteiger partial charge in [-0.3, -0.25) is 4.79 Å². The number of ether oxygens (including phenoxy) is 2. The van der Waals surface area contributed by atoms with Gasteiger partial charge in [0.1, 0.15) is 6.61 Å². The molecule has 0 aromatic rings. The van der Waals surface area contributed by atoms with E-state index in [2.05, 4.69) is 11.6 Å². The van der Waals surface area contributed by atoms with Gasteiger partial charge in [-0.05, 0) is 24.9 Å². The second-order valence-corrected chi connectivity index (χ2v) is 4.43. The van der Waals surface area contributed by atoms with Gasteiger partial charge < -0.3 is 14.8 Å². The van der Waals surface area contributed by atoms with Crippen LogP contribution in [0.25, 0.3) is 0 Å². The summed E-state index contributed by atoms with van der Waals surface area (Å²) in [6.07, 6.45) is 5.55. The lowest BCUT2D eigenvalue weighted by molar-refractivity contribution is -0.126. The van der Waals surface area contributed by atoms with Crippen molar-refractivity contribution in [3.8, 4) is 0 Å². The molecule has 0 spiro atoms. The van der Waals surface area contributed by atoms with Crippen molar-refractivity contribution >= 4 is 17.7 Å². The molecule has 0 aromatic carbocycles. The molecule has 0 atom stereocenters. The summed E-state index contributed by atoms with van der Waals surface area (Å²) >= 11 is 1.86. The highest BCUT2D eigenvalue weighted by Crippen LogP contribution is 2.01. The van der Waals surface area contributed by atoms with Crippen LogP contribution in [-0.2, 0) is 14.3 Å². The lowest BCUT2D eigenvalue weighted by Crippen LogP contribution is -2.29. The van der Waals surface area contributed by atoms with Gasteiger partial charge in [0.2, 0.25) is 5.91 Å². The van der Waals surface area contributed by atoms with Gasteiger partial charge in [-0.25, -0.2) is 0 Å². The van der Waals surface area contributed by atoms with E-state index in [-0.39, 0.29) is 12.5 Å². The highest BCUT2D eigenvalue weighted by Gasteiger charge is 1.99. The molecule has 0 heterocycles. The maximum atomic E-state index is 11.2. The Kier molecular flexibility index (Phi) is 12.6. The predicted molar refractivity (Wildman–Crippen MR) is 67.9 cm³/mol. The van der Waals surface area contributed by atoms with Crippen LogP contribution in [0.4, 0.5) is 0 Å². The second kappa shape index (κ2) is 12.8. The zero-order valence-electron chi connectivity index (χ0n) is 10.3. The lowest BCUT2D eigenvalue weighted by Gasteiger charge is -2.05. The van der Waals surface area contributed by atoms with E-state index in [1.807, 2.05) is 11.8 Å². The number of rotatable bonds is 11. The van der Waals surface area contributed by atoms with E-state index in [1.54, 1.807) is 7.11 Å². The van der Waals surface area contributed by atoms with Crippen molar-refractivity contribution in [2.24, 2.45) is 0 Å². The van der Waals surface area contributed by atoms with Crippen molar-refractivity contribution in [2.45, 2.75) is 19.3 Å². The molecule has 0 fully saturated rings. The normalized spacial score (nSPS) is 10.4. The number of hydrogen-bond donors (Lipinski definition) is 1. The number of thioether (sulfide) groups is 1. The van der Waals surface area contributed by atoms with Crippen LogP contribution >= 0.6 is 11.8 Å². The molecule has 0 saturated heterocycles. The molecule has 0 unspecified atom stereocenters. The first-order chi connectivity index (χ1) is 7.81. The van der Waals surface area contributed by atoms with Crippen molar-refractivity contribution in [3.05, 3.63) is 0 Å². The van der Waals surface area contributed by atoms with Crippen LogP contribution in [0.5, 0.6) is 0 Å². The first-order valence-electron chi connectivity index (χ1n) is 5.63. The minimum atomic E-state index is -0.0408. The fourth-order valence-corrected chi connectivity index (χ4v) is 1.63. The van der Waals surface area contributed by atoms with Crippen LogP contribution in [0.3, 0.4) is 0 Å². The monoisotopic (exact) mass is 249 g/mol. The molecule has 96 valence electrons. The quantitative estimate of drug-likeness (QED) is 0.561. The van der Waals surface area contributed by atoms with Crippen molar-refractivity contribution in [3.63, 3.8) is 0 Å². The zero-order chi connectivity index (χ0) is 12.1. The summed E-state index contributed by atoms with van der Waals surface area (Å²) in [5, 5.41) is 2.82. The number of unbranched alkanes of at least 4 members (excludes halogenated alkanes) is 2. The maximum Gasteiger partial charge on any atom is 0.245 e. The van der Waals surface area contributed by atoms with Crippen LogP contribution in [0.1, 0.15) is 19.3 Å². The molecular formula is C11H23NO3S. The third kappa shape index (κ3) is 11.8. The van der Waals surface area contributed by atoms with Crippen LogP contribution in [0.15, 0.2) is 0 Å². The molecule has 0 aliphatic heterocycles. The Balaban J connectivity index is 3.11. The summed E-state index contributed by atoms with van der Waals surface area (Å²) in [6, 6.07) is 0. The second-order valence-electron chi connectivity index (χ2n) is 3.45. The molecular weight excluding hydrogens is 226 g/mol. The van der Waals surface area contributed by atoms with E-state index in [1.165, 1.54) is 18.6 Å². The van der Waals surface area contributed by atoms with Crippen LogP contribution < -0.4 is 5.32 Å². The highest BCUT2D eigenvalue weighted by atomic mass is 32.2. The summed E-state index contributed by atoms with van der Waals surface area (Å²) < 4.78 is 9.89. The molecule has 16 heavy (non-hydrogen) atoms. The Morgan fingerprint density at radius 3 is 2.75 bits per heavy atom. The maximum absolute atomic E-state index is 11.2. The Morgan fingerprint density at radius 1 is 1.25 bits per heavy atom. The molecule has 1 N–H and O–H groups in total. The van der Waals surface area contributed by atoms with Crippen LogP contribution in [0, 0.1) is 0 Å². The van der Waals surface area contributed by atoms with Gasteiger partial charge in [-0.15, -0.1) is 0 Å². The average molecular weight is 249 g/mol. The molecule has 0 rings (SSSR count). The number of carbonyl (C=O) groups excluding carboxylic acids is 1. The molecule has 0 aliphatic rings.